The smallest absolute Gasteiger partial charge is 0.249 e. The summed E-state index contributed by atoms with van der Waals surface area (Å²) in [6.45, 7) is 3.22. The molecule has 0 amide bonds. The van der Waals surface area contributed by atoms with Gasteiger partial charge in [0, 0.05) is 55.4 Å². The minimum atomic E-state index is -2.60. The molecule has 2 saturated heterocycles. The van der Waals surface area contributed by atoms with E-state index in [4.69, 9.17) is 4.74 Å². The summed E-state index contributed by atoms with van der Waals surface area (Å²) in [7, 11) is 0. The number of alkyl halides is 2. The van der Waals surface area contributed by atoms with Crippen LogP contribution in [0.1, 0.15) is 61.9 Å². The van der Waals surface area contributed by atoms with Crippen LogP contribution >= 0.6 is 0 Å². The molecule has 4 aliphatic rings. The summed E-state index contributed by atoms with van der Waals surface area (Å²) in [5, 5.41) is 9.92. The van der Waals surface area contributed by atoms with Gasteiger partial charge in [-0.15, -0.1) is 0 Å². The fourth-order valence-electron chi connectivity index (χ4n) is 4.99. The SMILES string of the molecule is Fc1c(Nc2cc(C3CC(F)(F)C3)[nH]n2)nc(C2CC2)nc1N1CCC(C2COC2)CC1. The third-order valence-electron chi connectivity index (χ3n) is 7.34. The Bertz CT molecular complexity index is 990. The lowest BCUT2D eigenvalue weighted by Crippen LogP contribution is -2.42. The number of hydrogen-bond donors (Lipinski definition) is 2. The van der Waals surface area contributed by atoms with Crippen molar-refractivity contribution in [3.8, 4) is 0 Å². The van der Waals surface area contributed by atoms with E-state index in [1.807, 2.05) is 4.90 Å². The molecule has 2 N–H and O–H groups in total. The fraction of sp³-hybridized carbons (Fsp3) is 0.682. The zero-order valence-electron chi connectivity index (χ0n) is 17.8. The second-order valence-electron chi connectivity index (χ2n) is 9.76. The van der Waals surface area contributed by atoms with Crippen molar-refractivity contribution in [3.05, 3.63) is 23.4 Å². The predicted octanol–water partition coefficient (Wildman–Crippen LogP) is 4.34. The van der Waals surface area contributed by atoms with Crippen LogP contribution in [0.25, 0.3) is 0 Å². The number of nitrogens with one attached hydrogen (secondary N) is 2. The second kappa shape index (κ2) is 7.60. The van der Waals surface area contributed by atoms with E-state index in [0.29, 0.717) is 35.0 Å². The molecule has 2 aromatic heterocycles. The van der Waals surface area contributed by atoms with E-state index in [9.17, 15) is 8.78 Å². The molecule has 4 heterocycles. The normalized spacial score (nSPS) is 24.3. The molecule has 0 atom stereocenters. The van der Waals surface area contributed by atoms with Gasteiger partial charge in [0.15, 0.2) is 17.5 Å². The number of ether oxygens (including phenoxy) is 1. The van der Waals surface area contributed by atoms with E-state index in [1.54, 1.807) is 6.07 Å². The molecule has 0 unspecified atom stereocenters. The van der Waals surface area contributed by atoms with Crippen molar-refractivity contribution < 1.29 is 17.9 Å². The maximum absolute atomic E-state index is 15.5. The van der Waals surface area contributed by atoms with Crippen LogP contribution in [0.4, 0.5) is 30.6 Å². The number of nitrogens with zero attached hydrogens (tertiary/aromatic N) is 4. The zero-order chi connectivity index (χ0) is 21.9. The number of aromatic nitrogens is 4. The zero-order valence-corrected chi connectivity index (χ0v) is 17.8. The van der Waals surface area contributed by atoms with Crippen LogP contribution in [0.5, 0.6) is 0 Å². The van der Waals surface area contributed by atoms with Crippen molar-refractivity contribution in [2.75, 3.05) is 36.5 Å². The summed E-state index contributed by atoms with van der Waals surface area (Å²) in [6.07, 6.45) is 3.67. The lowest BCUT2D eigenvalue weighted by atomic mass is 9.79. The Labute approximate surface area is 184 Å². The molecule has 32 heavy (non-hydrogen) atoms. The molecular formula is C22H27F3N6O. The maximum Gasteiger partial charge on any atom is 0.249 e. The Morgan fingerprint density at radius 1 is 1.03 bits per heavy atom. The van der Waals surface area contributed by atoms with E-state index in [0.717, 1.165) is 52.0 Å². The molecule has 2 saturated carbocycles. The lowest BCUT2D eigenvalue weighted by molar-refractivity contribution is -0.0876. The molecular weight excluding hydrogens is 421 g/mol. The number of piperidine rings is 1. The van der Waals surface area contributed by atoms with Crippen molar-refractivity contribution in [1.82, 2.24) is 20.2 Å². The highest BCUT2D eigenvalue weighted by atomic mass is 19.3. The van der Waals surface area contributed by atoms with E-state index >= 15 is 4.39 Å². The molecule has 172 valence electrons. The summed E-state index contributed by atoms with van der Waals surface area (Å²) in [5.74, 6) is -0.310. The Morgan fingerprint density at radius 2 is 1.78 bits per heavy atom. The first-order valence-electron chi connectivity index (χ1n) is 11.6. The van der Waals surface area contributed by atoms with E-state index < -0.39 is 11.7 Å². The highest BCUT2D eigenvalue weighted by Crippen LogP contribution is 2.48. The predicted molar refractivity (Wildman–Crippen MR) is 112 cm³/mol. The van der Waals surface area contributed by atoms with Gasteiger partial charge in [0.1, 0.15) is 5.82 Å². The summed E-state index contributed by atoms with van der Waals surface area (Å²) in [6, 6.07) is 1.67. The van der Waals surface area contributed by atoms with Crippen LogP contribution in [0, 0.1) is 17.7 Å². The molecule has 0 spiro atoms. The minimum Gasteiger partial charge on any atom is -0.381 e. The summed E-state index contributed by atoms with van der Waals surface area (Å²) in [5.41, 5.74) is 0.637. The van der Waals surface area contributed by atoms with Crippen LogP contribution in [-0.4, -0.2) is 52.4 Å². The molecule has 2 aliphatic heterocycles. The molecule has 0 aromatic carbocycles. The number of halogens is 3. The van der Waals surface area contributed by atoms with Crippen LogP contribution in [0.2, 0.25) is 0 Å². The molecule has 0 radical (unpaired) electrons. The molecule has 2 aliphatic carbocycles. The molecule has 6 rings (SSSR count). The maximum atomic E-state index is 15.5. The van der Waals surface area contributed by atoms with Crippen molar-refractivity contribution >= 4 is 17.5 Å². The summed E-state index contributed by atoms with van der Waals surface area (Å²) < 4.78 is 47.2. The quantitative estimate of drug-likeness (QED) is 0.685. The molecule has 10 heteroatoms. The van der Waals surface area contributed by atoms with Crippen LogP contribution in [0.3, 0.4) is 0 Å². The summed E-state index contributed by atoms with van der Waals surface area (Å²) >= 11 is 0. The van der Waals surface area contributed by atoms with Crippen molar-refractivity contribution in [1.29, 1.82) is 0 Å². The van der Waals surface area contributed by atoms with Gasteiger partial charge in [-0.25, -0.2) is 18.7 Å². The van der Waals surface area contributed by atoms with Gasteiger partial charge in [0.25, 0.3) is 0 Å². The summed E-state index contributed by atoms with van der Waals surface area (Å²) in [4.78, 5) is 11.1. The number of aromatic amines is 1. The Hall–Kier alpha value is -2.36. The first kappa shape index (κ1) is 20.3. The topological polar surface area (TPSA) is 79.0 Å². The Kier molecular flexibility index (Phi) is 4.81. The van der Waals surface area contributed by atoms with E-state index in [-0.39, 0.29) is 30.5 Å². The number of anilines is 3. The third kappa shape index (κ3) is 3.82. The fourth-order valence-corrected chi connectivity index (χ4v) is 4.99. The van der Waals surface area contributed by atoms with Crippen LogP contribution in [-0.2, 0) is 4.74 Å². The largest absolute Gasteiger partial charge is 0.381 e. The van der Waals surface area contributed by atoms with Crippen molar-refractivity contribution in [3.63, 3.8) is 0 Å². The third-order valence-corrected chi connectivity index (χ3v) is 7.34. The van der Waals surface area contributed by atoms with E-state index in [2.05, 4.69) is 25.5 Å². The van der Waals surface area contributed by atoms with Gasteiger partial charge < -0.3 is 15.0 Å². The highest BCUT2D eigenvalue weighted by Gasteiger charge is 2.46. The lowest BCUT2D eigenvalue weighted by Gasteiger charge is -2.40. The first-order valence-corrected chi connectivity index (χ1v) is 11.6. The Balaban J connectivity index is 1.20. The molecule has 7 nitrogen and oxygen atoms in total. The average Bonchev–Trinajstić information content (AvgIpc) is 3.46. The molecule has 4 fully saturated rings. The Morgan fingerprint density at radius 3 is 2.41 bits per heavy atom. The first-order chi connectivity index (χ1) is 15.4. The highest BCUT2D eigenvalue weighted by molar-refractivity contribution is 5.59. The van der Waals surface area contributed by atoms with Gasteiger partial charge in [0.2, 0.25) is 11.7 Å². The number of H-pyrrole nitrogens is 1. The van der Waals surface area contributed by atoms with Gasteiger partial charge in [0.05, 0.1) is 13.2 Å². The van der Waals surface area contributed by atoms with Crippen LogP contribution < -0.4 is 10.2 Å². The monoisotopic (exact) mass is 448 g/mol. The van der Waals surface area contributed by atoms with Crippen molar-refractivity contribution in [2.24, 2.45) is 11.8 Å². The standard InChI is InChI=1S/C22H27F3N6O/c23-18-20(26-17-7-16(29-30-17)14-8-22(24,25)9-14)27-19(13-1-2-13)28-21(18)31-5-3-12(4-6-31)15-10-32-11-15/h7,12-15H,1-6,8-11H2,(H2,26,27,28,29,30). The van der Waals surface area contributed by atoms with Crippen molar-refractivity contribution in [2.45, 2.75) is 56.3 Å². The second-order valence-corrected chi connectivity index (χ2v) is 9.76. The van der Waals surface area contributed by atoms with Gasteiger partial charge >= 0.3 is 0 Å². The molecule has 0 bridgehead atoms. The molecule has 2 aromatic rings. The van der Waals surface area contributed by atoms with Crippen LogP contribution in [0.15, 0.2) is 6.07 Å². The van der Waals surface area contributed by atoms with Gasteiger partial charge in [-0.05, 0) is 31.6 Å². The number of hydrogen-bond acceptors (Lipinski definition) is 6. The average molecular weight is 448 g/mol. The number of rotatable bonds is 6. The van der Waals surface area contributed by atoms with Gasteiger partial charge in [-0.1, -0.05) is 0 Å². The minimum absolute atomic E-state index is 0.100. The van der Waals surface area contributed by atoms with Gasteiger partial charge in [-0.2, -0.15) is 9.49 Å². The van der Waals surface area contributed by atoms with Gasteiger partial charge in [-0.3, -0.25) is 5.10 Å². The van der Waals surface area contributed by atoms with E-state index in [1.165, 1.54) is 0 Å².